The van der Waals surface area contributed by atoms with E-state index in [2.05, 4.69) is 16.9 Å². The van der Waals surface area contributed by atoms with Crippen LogP contribution in [0.5, 0.6) is 0 Å². The molecule has 0 unspecified atom stereocenters. The van der Waals surface area contributed by atoms with Crippen LogP contribution in [0.1, 0.15) is 13.3 Å². The van der Waals surface area contributed by atoms with Gasteiger partial charge >= 0.3 is 0 Å². The molecule has 0 N–H and O–H groups in total. The van der Waals surface area contributed by atoms with Crippen molar-refractivity contribution in [3.05, 3.63) is 34.6 Å². The fraction of sp³-hybridized carbons (Fsp3) is 0.529. The topological polar surface area (TPSA) is 47.4 Å². The van der Waals surface area contributed by atoms with E-state index < -0.39 is 0 Å². The first kappa shape index (κ1) is 18.0. The van der Waals surface area contributed by atoms with Gasteiger partial charge in [0.15, 0.2) is 5.16 Å². The van der Waals surface area contributed by atoms with Crippen molar-refractivity contribution in [1.82, 2.24) is 14.5 Å². The Morgan fingerprint density at radius 2 is 2.09 bits per heavy atom. The standard InChI is InChI=1S/C17H25N3O2S/c1-4-22-13-12-19(2)10-7-11-20-16(21)14-8-5-6-9-15(14)18-17(20)23-3/h5-6,8-9H,4,7,10-13H2,1-3H3. The average Bonchev–Trinajstić information content (AvgIpc) is 2.57. The number of likely N-dealkylation sites (N-methyl/N-ethyl adjacent to an activating group) is 1. The van der Waals surface area contributed by atoms with Crippen LogP contribution in [0.4, 0.5) is 0 Å². The zero-order chi connectivity index (χ0) is 16.7. The van der Waals surface area contributed by atoms with Crippen LogP contribution in [0.25, 0.3) is 10.9 Å². The number of hydrogen-bond donors (Lipinski definition) is 0. The lowest BCUT2D eigenvalue weighted by Gasteiger charge is -2.17. The summed E-state index contributed by atoms with van der Waals surface area (Å²) in [5.74, 6) is 0. The molecule has 0 saturated carbocycles. The minimum absolute atomic E-state index is 0.0527. The summed E-state index contributed by atoms with van der Waals surface area (Å²) >= 11 is 1.52. The van der Waals surface area contributed by atoms with Gasteiger partial charge in [-0.15, -0.1) is 0 Å². The molecule has 0 bridgehead atoms. The first-order valence-electron chi connectivity index (χ1n) is 7.97. The zero-order valence-corrected chi connectivity index (χ0v) is 14.9. The molecule has 0 aliphatic heterocycles. The van der Waals surface area contributed by atoms with E-state index in [9.17, 15) is 4.79 Å². The number of hydrogen-bond acceptors (Lipinski definition) is 5. The van der Waals surface area contributed by atoms with E-state index in [1.165, 1.54) is 11.8 Å². The fourth-order valence-electron chi connectivity index (χ4n) is 2.48. The van der Waals surface area contributed by atoms with Crippen molar-refractivity contribution in [1.29, 1.82) is 0 Å². The van der Waals surface area contributed by atoms with Gasteiger partial charge in [-0.25, -0.2) is 4.98 Å². The Morgan fingerprint density at radius 3 is 2.83 bits per heavy atom. The molecule has 2 rings (SSSR count). The zero-order valence-electron chi connectivity index (χ0n) is 14.1. The summed E-state index contributed by atoms with van der Waals surface area (Å²) in [5.41, 5.74) is 0.823. The van der Waals surface area contributed by atoms with Crippen LogP contribution in [0, 0.1) is 0 Å². The highest BCUT2D eigenvalue weighted by Crippen LogP contribution is 2.15. The maximum absolute atomic E-state index is 12.7. The van der Waals surface area contributed by atoms with Crippen molar-refractivity contribution in [2.75, 3.05) is 39.6 Å². The van der Waals surface area contributed by atoms with Crippen LogP contribution in [-0.4, -0.2) is 54.1 Å². The molecule has 0 amide bonds. The molecule has 2 aromatic rings. The van der Waals surface area contributed by atoms with Gasteiger partial charge in [-0.05, 0) is 45.3 Å². The van der Waals surface area contributed by atoms with E-state index in [1.54, 1.807) is 4.57 Å². The number of rotatable bonds is 9. The first-order chi connectivity index (χ1) is 11.2. The maximum atomic E-state index is 12.7. The van der Waals surface area contributed by atoms with Gasteiger partial charge < -0.3 is 9.64 Å². The van der Waals surface area contributed by atoms with Crippen molar-refractivity contribution in [3.8, 4) is 0 Å². The summed E-state index contributed by atoms with van der Waals surface area (Å²) in [6.07, 6.45) is 2.87. The maximum Gasteiger partial charge on any atom is 0.262 e. The lowest BCUT2D eigenvalue weighted by atomic mass is 10.2. The van der Waals surface area contributed by atoms with Gasteiger partial charge in [0.2, 0.25) is 0 Å². The number of benzene rings is 1. The summed E-state index contributed by atoms with van der Waals surface area (Å²) in [4.78, 5) is 19.5. The monoisotopic (exact) mass is 335 g/mol. The highest BCUT2D eigenvalue weighted by Gasteiger charge is 2.10. The number of aromatic nitrogens is 2. The van der Waals surface area contributed by atoms with Crippen LogP contribution < -0.4 is 5.56 Å². The summed E-state index contributed by atoms with van der Waals surface area (Å²) in [5, 5.41) is 1.47. The second-order valence-corrected chi connectivity index (χ2v) is 6.20. The number of fused-ring (bicyclic) bond motifs is 1. The Kier molecular flexibility index (Phi) is 7.08. The molecule has 0 aliphatic rings. The average molecular weight is 335 g/mol. The fourth-order valence-corrected chi connectivity index (χ4v) is 3.06. The van der Waals surface area contributed by atoms with E-state index in [1.807, 2.05) is 37.4 Å². The summed E-state index contributed by atoms with van der Waals surface area (Å²) in [6, 6.07) is 7.54. The number of thioether (sulfide) groups is 1. The quantitative estimate of drug-likeness (QED) is 0.400. The molecule has 1 aromatic heterocycles. The van der Waals surface area contributed by atoms with Crippen LogP contribution >= 0.6 is 11.8 Å². The Morgan fingerprint density at radius 1 is 1.30 bits per heavy atom. The Labute approximate surface area is 141 Å². The normalized spacial score (nSPS) is 11.5. The van der Waals surface area contributed by atoms with Crippen LogP contribution in [0.15, 0.2) is 34.2 Å². The molecular weight excluding hydrogens is 310 g/mol. The molecule has 0 fully saturated rings. The Bertz CT molecular complexity index is 687. The van der Waals surface area contributed by atoms with Gasteiger partial charge in [0.1, 0.15) is 0 Å². The number of ether oxygens (including phenoxy) is 1. The van der Waals surface area contributed by atoms with Crippen molar-refractivity contribution in [2.45, 2.75) is 25.0 Å². The van der Waals surface area contributed by atoms with Gasteiger partial charge in [0.05, 0.1) is 17.5 Å². The van der Waals surface area contributed by atoms with E-state index in [4.69, 9.17) is 4.74 Å². The van der Waals surface area contributed by atoms with Gasteiger partial charge in [0, 0.05) is 19.7 Å². The SMILES string of the molecule is CCOCCN(C)CCCn1c(SC)nc2ccccc2c1=O. The molecule has 6 heteroatoms. The van der Waals surface area contributed by atoms with Crippen LogP contribution in [0.2, 0.25) is 0 Å². The second-order valence-electron chi connectivity index (χ2n) is 5.43. The van der Waals surface area contributed by atoms with Crippen molar-refractivity contribution >= 4 is 22.7 Å². The highest BCUT2D eigenvalue weighted by atomic mass is 32.2. The van der Waals surface area contributed by atoms with Crippen molar-refractivity contribution in [2.24, 2.45) is 0 Å². The predicted octanol–water partition coefficient (Wildman–Crippen LogP) is 2.48. The molecule has 1 heterocycles. The summed E-state index contributed by atoms with van der Waals surface area (Å²) < 4.78 is 7.16. The third kappa shape index (κ3) is 4.80. The molecule has 126 valence electrons. The van der Waals surface area contributed by atoms with Gasteiger partial charge in [-0.2, -0.15) is 0 Å². The first-order valence-corrected chi connectivity index (χ1v) is 9.19. The molecule has 1 aromatic carbocycles. The van der Waals surface area contributed by atoms with Gasteiger partial charge in [0.25, 0.3) is 5.56 Å². The van der Waals surface area contributed by atoms with E-state index >= 15 is 0 Å². The summed E-state index contributed by atoms with van der Waals surface area (Å²) in [7, 11) is 2.08. The second kappa shape index (κ2) is 9.05. The molecule has 0 saturated heterocycles. The number of nitrogens with zero attached hydrogens (tertiary/aromatic N) is 3. The minimum Gasteiger partial charge on any atom is -0.380 e. The molecule has 0 radical (unpaired) electrons. The van der Waals surface area contributed by atoms with Crippen LogP contribution in [0.3, 0.4) is 0 Å². The van der Waals surface area contributed by atoms with Gasteiger partial charge in [-0.1, -0.05) is 23.9 Å². The van der Waals surface area contributed by atoms with Crippen LogP contribution in [-0.2, 0) is 11.3 Å². The van der Waals surface area contributed by atoms with Crippen molar-refractivity contribution in [3.63, 3.8) is 0 Å². The van der Waals surface area contributed by atoms with E-state index in [0.717, 1.165) is 43.4 Å². The lowest BCUT2D eigenvalue weighted by Crippen LogP contribution is -2.28. The molecule has 23 heavy (non-hydrogen) atoms. The largest absolute Gasteiger partial charge is 0.380 e. The summed E-state index contributed by atoms with van der Waals surface area (Å²) in [6.45, 7) is 6.03. The smallest absolute Gasteiger partial charge is 0.262 e. The third-order valence-corrected chi connectivity index (χ3v) is 4.43. The van der Waals surface area contributed by atoms with Gasteiger partial charge in [-0.3, -0.25) is 9.36 Å². The molecule has 0 aliphatic carbocycles. The van der Waals surface area contributed by atoms with E-state index in [-0.39, 0.29) is 5.56 Å². The molecular formula is C17H25N3O2S. The predicted molar refractivity (Wildman–Crippen MR) is 96.4 cm³/mol. The lowest BCUT2D eigenvalue weighted by molar-refractivity contribution is 0.121. The Hall–Kier alpha value is -1.37. The third-order valence-electron chi connectivity index (χ3n) is 3.75. The molecule has 0 atom stereocenters. The van der Waals surface area contributed by atoms with E-state index in [0.29, 0.717) is 11.9 Å². The minimum atomic E-state index is 0.0527. The molecule has 5 nitrogen and oxygen atoms in total. The van der Waals surface area contributed by atoms with Crippen molar-refractivity contribution < 1.29 is 4.74 Å². The molecule has 0 spiro atoms. The highest BCUT2D eigenvalue weighted by molar-refractivity contribution is 7.98. The number of para-hydroxylation sites is 1. The Balaban J connectivity index is 2.05.